The van der Waals surface area contributed by atoms with Crippen LogP contribution in [0.5, 0.6) is 0 Å². The number of rotatable bonds is 4. The standard InChI is InChI=1S/C14H9ClO4S/c15-8-5-6-10(14(18)19)12(7-8)20-11-4-2-1-3-9(11)13(16)17/h1-7H,(H,16,17)(H,18,19). The lowest BCUT2D eigenvalue weighted by Gasteiger charge is -2.08. The number of carboxylic acid groups (broad SMARTS) is 2. The smallest absolute Gasteiger partial charge is 0.336 e. The summed E-state index contributed by atoms with van der Waals surface area (Å²) in [6, 6.07) is 10.8. The molecule has 0 atom stereocenters. The van der Waals surface area contributed by atoms with E-state index in [2.05, 4.69) is 0 Å². The highest BCUT2D eigenvalue weighted by atomic mass is 35.5. The number of hydrogen-bond donors (Lipinski definition) is 2. The third-order valence-corrected chi connectivity index (χ3v) is 3.88. The maximum Gasteiger partial charge on any atom is 0.336 e. The second kappa shape index (κ2) is 5.98. The maximum atomic E-state index is 11.2. The van der Waals surface area contributed by atoms with Gasteiger partial charge in [0, 0.05) is 14.8 Å². The minimum absolute atomic E-state index is 0.0830. The predicted molar refractivity (Wildman–Crippen MR) is 75.9 cm³/mol. The van der Waals surface area contributed by atoms with E-state index in [1.165, 1.54) is 24.3 Å². The van der Waals surface area contributed by atoms with Crippen LogP contribution in [-0.4, -0.2) is 22.2 Å². The molecule has 2 aromatic rings. The van der Waals surface area contributed by atoms with Crippen molar-refractivity contribution >= 4 is 35.3 Å². The van der Waals surface area contributed by atoms with Gasteiger partial charge < -0.3 is 10.2 Å². The first kappa shape index (κ1) is 14.4. The van der Waals surface area contributed by atoms with Gasteiger partial charge in [0.1, 0.15) is 0 Å². The Balaban J connectivity index is 2.47. The van der Waals surface area contributed by atoms with Crippen LogP contribution in [0.25, 0.3) is 0 Å². The van der Waals surface area contributed by atoms with E-state index in [0.717, 1.165) is 11.8 Å². The molecule has 20 heavy (non-hydrogen) atoms. The topological polar surface area (TPSA) is 74.6 Å². The second-order valence-electron chi connectivity index (χ2n) is 3.85. The lowest BCUT2D eigenvalue weighted by atomic mass is 10.2. The van der Waals surface area contributed by atoms with Crippen LogP contribution in [0.2, 0.25) is 5.02 Å². The third-order valence-electron chi connectivity index (χ3n) is 2.51. The minimum atomic E-state index is -1.09. The van der Waals surface area contributed by atoms with Crippen LogP contribution in [0, 0.1) is 0 Å². The summed E-state index contributed by atoms with van der Waals surface area (Å²) < 4.78 is 0. The fourth-order valence-electron chi connectivity index (χ4n) is 1.61. The van der Waals surface area contributed by atoms with Crippen LogP contribution in [-0.2, 0) is 0 Å². The first-order valence-electron chi connectivity index (χ1n) is 5.52. The molecule has 0 saturated heterocycles. The molecule has 0 aromatic heterocycles. The Morgan fingerprint density at radius 3 is 2.15 bits per heavy atom. The Morgan fingerprint density at radius 2 is 1.50 bits per heavy atom. The summed E-state index contributed by atoms with van der Waals surface area (Å²) in [4.78, 5) is 23.2. The van der Waals surface area contributed by atoms with E-state index in [9.17, 15) is 9.59 Å². The molecule has 0 heterocycles. The molecule has 0 aliphatic rings. The summed E-state index contributed by atoms with van der Waals surface area (Å²) in [5, 5.41) is 18.7. The Labute approximate surface area is 124 Å². The molecule has 0 aliphatic carbocycles. The van der Waals surface area contributed by atoms with Gasteiger partial charge in [-0.3, -0.25) is 0 Å². The van der Waals surface area contributed by atoms with Crippen LogP contribution in [0.4, 0.5) is 0 Å². The van der Waals surface area contributed by atoms with Crippen LogP contribution < -0.4 is 0 Å². The second-order valence-corrected chi connectivity index (χ2v) is 5.37. The number of aromatic carboxylic acids is 2. The van der Waals surface area contributed by atoms with Crippen molar-refractivity contribution in [2.45, 2.75) is 9.79 Å². The molecule has 0 amide bonds. The average Bonchev–Trinajstić information content (AvgIpc) is 2.38. The highest BCUT2D eigenvalue weighted by Crippen LogP contribution is 2.34. The van der Waals surface area contributed by atoms with Gasteiger partial charge in [-0.1, -0.05) is 35.5 Å². The molecule has 6 heteroatoms. The fourth-order valence-corrected chi connectivity index (χ4v) is 2.94. The molecule has 0 radical (unpaired) electrons. The van der Waals surface area contributed by atoms with Crippen molar-refractivity contribution in [1.29, 1.82) is 0 Å². The lowest BCUT2D eigenvalue weighted by molar-refractivity contribution is 0.0683. The number of hydrogen-bond acceptors (Lipinski definition) is 3. The molecular formula is C14H9ClO4S. The Bertz CT molecular complexity index is 685. The van der Waals surface area contributed by atoms with E-state index in [4.69, 9.17) is 21.8 Å². The van der Waals surface area contributed by atoms with Gasteiger partial charge in [0.25, 0.3) is 0 Å². The van der Waals surface area contributed by atoms with Gasteiger partial charge in [-0.05, 0) is 30.3 Å². The average molecular weight is 309 g/mol. The maximum absolute atomic E-state index is 11.2. The molecule has 0 saturated carbocycles. The van der Waals surface area contributed by atoms with Crippen molar-refractivity contribution in [3.05, 3.63) is 58.6 Å². The first-order chi connectivity index (χ1) is 9.49. The van der Waals surface area contributed by atoms with Gasteiger partial charge in [0.15, 0.2) is 0 Å². The van der Waals surface area contributed by atoms with E-state index >= 15 is 0 Å². The van der Waals surface area contributed by atoms with E-state index in [1.54, 1.807) is 18.2 Å². The molecule has 0 fully saturated rings. The quantitative estimate of drug-likeness (QED) is 0.896. The summed E-state index contributed by atoms with van der Waals surface area (Å²) in [6.07, 6.45) is 0. The van der Waals surface area contributed by atoms with Crippen LogP contribution >= 0.6 is 23.4 Å². The van der Waals surface area contributed by atoms with Gasteiger partial charge in [0.05, 0.1) is 11.1 Å². The van der Waals surface area contributed by atoms with Crippen LogP contribution in [0.3, 0.4) is 0 Å². The molecular weight excluding hydrogens is 300 g/mol. The summed E-state index contributed by atoms with van der Waals surface area (Å²) in [5.41, 5.74) is 0.202. The Morgan fingerprint density at radius 1 is 0.900 bits per heavy atom. The lowest BCUT2D eigenvalue weighted by Crippen LogP contribution is -2.01. The fraction of sp³-hybridized carbons (Fsp3) is 0. The SMILES string of the molecule is O=C(O)c1ccccc1Sc1cc(Cl)ccc1C(=O)O. The van der Waals surface area contributed by atoms with Crippen molar-refractivity contribution in [3.8, 4) is 0 Å². The molecule has 0 spiro atoms. The summed E-state index contributed by atoms with van der Waals surface area (Å²) in [6.45, 7) is 0. The highest BCUT2D eigenvalue weighted by molar-refractivity contribution is 7.99. The van der Waals surface area contributed by atoms with Gasteiger partial charge in [-0.2, -0.15) is 0 Å². The monoisotopic (exact) mass is 308 g/mol. The zero-order chi connectivity index (χ0) is 14.7. The summed E-state index contributed by atoms with van der Waals surface area (Å²) in [7, 11) is 0. The van der Waals surface area contributed by atoms with Gasteiger partial charge in [0.2, 0.25) is 0 Å². The van der Waals surface area contributed by atoms with Crippen molar-refractivity contribution in [2.24, 2.45) is 0 Å². The zero-order valence-corrected chi connectivity index (χ0v) is 11.6. The van der Waals surface area contributed by atoms with E-state index < -0.39 is 11.9 Å². The van der Waals surface area contributed by atoms with E-state index in [0.29, 0.717) is 14.8 Å². The summed E-state index contributed by atoms with van der Waals surface area (Å²) in [5.74, 6) is -2.15. The number of halogens is 1. The molecule has 102 valence electrons. The molecule has 0 unspecified atom stereocenters. The third kappa shape index (κ3) is 3.12. The minimum Gasteiger partial charge on any atom is -0.478 e. The van der Waals surface area contributed by atoms with E-state index in [-0.39, 0.29) is 11.1 Å². The van der Waals surface area contributed by atoms with Crippen molar-refractivity contribution in [2.75, 3.05) is 0 Å². The molecule has 2 N–H and O–H groups in total. The molecule has 2 aromatic carbocycles. The van der Waals surface area contributed by atoms with Gasteiger partial charge in [-0.25, -0.2) is 9.59 Å². The number of carboxylic acids is 2. The Hall–Kier alpha value is -1.98. The van der Waals surface area contributed by atoms with Crippen LogP contribution in [0.1, 0.15) is 20.7 Å². The van der Waals surface area contributed by atoms with E-state index in [1.807, 2.05) is 0 Å². The van der Waals surface area contributed by atoms with Gasteiger partial charge >= 0.3 is 11.9 Å². The Kier molecular flexibility index (Phi) is 4.32. The van der Waals surface area contributed by atoms with Gasteiger partial charge in [-0.15, -0.1) is 0 Å². The molecule has 2 rings (SSSR count). The molecule has 0 bridgehead atoms. The van der Waals surface area contributed by atoms with Crippen molar-refractivity contribution < 1.29 is 19.8 Å². The normalized spacial score (nSPS) is 10.2. The highest BCUT2D eigenvalue weighted by Gasteiger charge is 2.15. The zero-order valence-electron chi connectivity index (χ0n) is 10.0. The predicted octanol–water partition coefficient (Wildman–Crippen LogP) is 3.89. The number of carbonyl (C=O) groups is 2. The largest absolute Gasteiger partial charge is 0.478 e. The first-order valence-corrected chi connectivity index (χ1v) is 6.71. The molecule has 0 aliphatic heterocycles. The van der Waals surface area contributed by atoms with Crippen molar-refractivity contribution in [1.82, 2.24) is 0 Å². The number of benzene rings is 2. The molecule has 4 nitrogen and oxygen atoms in total. The van der Waals surface area contributed by atoms with Crippen LogP contribution in [0.15, 0.2) is 52.3 Å². The summed E-state index contributed by atoms with van der Waals surface area (Å²) >= 11 is 6.93. The van der Waals surface area contributed by atoms with Crippen molar-refractivity contribution in [3.63, 3.8) is 0 Å².